The van der Waals surface area contributed by atoms with Gasteiger partial charge in [-0.25, -0.2) is 0 Å². The van der Waals surface area contributed by atoms with Gasteiger partial charge in [-0.15, -0.1) is 0 Å². The third kappa shape index (κ3) is 5.56. The summed E-state index contributed by atoms with van der Waals surface area (Å²) in [5.74, 6) is -0.869. The molecule has 2 aromatic carbocycles. The van der Waals surface area contributed by atoms with Crippen molar-refractivity contribution in [2.75, 3.05) is 13.7 Å². The Morgan fingerprint density at radius 2 is 1.73 bits per heavy atom. The summed E-state index contributed by atoms with van der Waals surface area (Å²) in [4.78, 5) is 38.2. The van der Waals surface area contributed by atoms with E-state index in [1.165, 1.54) is 16.7 Å². The number of benzene rings is 2. The molecule has 0 heterocycles. The molecule has 0 atom stereocenters. The SMILES string of the molecule is Cc1ccc(CN(C)C(=O)COC(=O)CCC(=O)c2ccc3c(c2)CCC3)c(C)c1. The molecule has 1 aliphatic carbocycles. The molecule has 0 saturated heterocycles. The van der Waals surface area contributed by atoms with Crippen molar-refractivity contribution in [3.05, 3.63) is 69.8 Å². The monoisotopic (exact) mass is 407 g/mol. The lowest BCUT2D eigenvalue weighted by molar-refractivity contribution is -0.151. The highest BCUT2D eigenvalue weighted by atomic mass is 16.5. The van der Waals surface area contributed by atoms with E-state index < -0.39 is 5.97 Å². The van der Waals surface area contributed by atoms with Gasteiger partial charge in [0.2, 0.25) is 0 Å². The molecule has 0 unspecified atom stereocenters. The van der Waals surface area contributed by atoms with Gasteiger partial charge in [0.05, 0.1) is 6.42 Å². The van der Waals surface area contributed by atoms with Crippen LogP contribution in [0.2, 0.25) is 0 Å². The van der Waals surface area contributed by atoms with Gasteiger partial charge in [0.25, 0.3) is 5.91 Å². The predicted molar refractivity (Wildman–Crippen MR) is 115 cm³/mol. The molecule has 1 aliphatic rings. The van der Waals surface area contributed by atoms with Crippen LogP contribution in [0.4, 0.5) is 0 Å². The third-order valence-electron chi connectivity index (χ3n) is 5.66. The second-order valence-electron chi connectivity index (χ2n) is 8.10. The quantitative estimate of drug-likeness (QED) is 0.491. The first-order valence-electron chi connectivity index (χ1n) is 10.4. The van der Waals surface area contributed by atoms with E-state index in [9.17, 15) is 14.4 Å². The number of hydrogen-bond donors (Lipinski definition) is 0. The number of amides is 1. The molecule has 0 aromatic heterocycles. The molecular weight excluding hydrogens is 378 g/mol. The number of rotatable bonds is 8. The Morgan fingerprint density at radius 3 is 2.50 bits per heavy atom. The highest BCUT2D eigenvalue weighted by Gasteiger charge is 2.17. The summed E-state index contributed by atoms with van der Waals surface area (Å²) in [5.41, 5.74) is 6.55. The van der Waals surface area contributed by atoms with Crippen LogP contribution < -0.4 is 0 Å². The molecule has 0 bridgehead atoms. The number of ketones is 1. The van der Waals surface area contributed by atoms with E-state index >= 15 is 0 Å². The van der Waals surface area contributed by atoms with Crippen molar-refractivity contribution >= 4 is 17.7 Å². The lowest BCUT2D eigenvalue weighted by atomic mass is 10.0. The summed E-state index contributed by atoms with van der Waals surface area (Å²) >= 11 is 0. The summed E-state index contributed by atoms with van der Waals surface area (Å²) in [6.45, 7) is 4.19. The van der Waals surface area contributed by atoms with Gasteiger partial charge in [-0.2, -0.15) is 0 Å². The predicted octanol–water partition coefficient (Wildman–Crippen LogP) is 3.96. The Balaban J connectivity index is 1.42. The number of nitrogens with zero attached hydrogens (tertiary/aromatic N) is 1. The van der Waals surface area contributed by atoms with E-state index in [-0.39, 0.29) is 31.1 Å². The third-order valence-corrected chi connectivity index (χ3v) is 5.66. The van der Waals surface area contributed by atoms with E-state index in [0.717, 1.165) is 30.4 Å². The molecule has 2 aromatic rings. The fraction of sp³-hybridized carbons (Fsp3) is 0.400. The van der Waals surface area contributed by atoms with Crippen LogP contribution in [0.3, 0.4) is 0 Å². The van der Waals surface area contributed by atoms with Gasteiger partial charge in [0.15, 0.2) is 12.4 Å². The number of fused-ring (bicyclic) bond motifs is 1. The zero-order valence-corrected chi connectivity index (χ0v) is 18.0. The number of carbonyl (C=O) groups excluding carboxylic acids is 3. The van der Waals surface area contributed by atoms with E-state index in [0.29, 0.717) is 12.1 Å². The Hall–Kier alpha value is -2.95. The van der Waals surface area contributed by atoms with E-state index in [1.54, 1.807) is 11.9 Å². The Kier molecular flexibility index (Phi) is 7.03. The van der Waals surface area contributed by atoms with Crippen LogP contribution in [0.1, 0.15) is 57.4 Å². The first-order chi connectivity index (χ1) is 14.3. The van der Waals surface area contributed by atoms with Gasteiger partial charge >= 0.3 is 5.97 Å². The van der Waals surface area contributed by atoms with Crippen LogP contribution in [0.5, 0.6) is 0 Å². The topological polar surface area (TPSA) is 63.7 Å². The van der Waals surface area contributed by atoms with Crippen LogP contribution in [0.25, 0.3) is 0 Å². The highest BCUT2D eigenvalue weighted by molar-refractivity contribution is 5.98. The van der Waals surface area contributed by atoms with Gasteiger partial charge < -0.3 is 9.64 Å². The van der Waals surface area contributed by atoms with Crippen LogP contribution in [0.15, 0.2) is 36.4 Å². The zero-order chi connectivity index (χ0) is 21.7. The largest absolute Gasteiger partial charge is 0.456 e. The first-order valence-corrected chi connectivity index (χ1v) is 10.4. The molecule has 1 amide bonds. The maximum absolute atomic E-state index is 12.4. The highest BCUT2D eigenvalue weighted by Crippen LogP contribution is 2.23. The summed E-state index contributed by atoms with van der Waals surface area (Å²) < 4.78 is 5.09. The van der Waals surface area contributed by atoms with Crippen molar-refractivity contribution in [3.8, 4) is 0 Å². The second kappa shape index (κ2) is 9.70. The maximum atomic E-state index is 12.4. The van der Waals surface area contributed by atoms with Crippen molar-refractivity contribution in [1.82, 2.24) is 4.90 Å². The normalized spacial score (nSPS) is 12.4. The van der Waals surface area contributed by atoms with Crippen molar-refractivity contribution in [2.24, 2.45) is 0 Å². The minimum absolute atomic E-state index is 0.0238. The molecule has 0 fully saturated rings. The molecule has 0 N–H and O–H groups in total. The number of Topliss-reactive ketones (excluding diaryl/α,β-unsaturated/α-hetero) is 1. The first kappa shape index (κ1) is 21.8. The second-order valence-corrected chi connectivity index (χ2v) is 8.10. The summed E-state index contributed by atoms with van der Waals surface area (Å²) in [6.07, 6.45) is 3.28. The molecule has 0 spiro atoms. The van der Waals surface area contributed by atoms with Crippen LogP contribution in [-0.2, 0) is 33.7 Å². The van der Waals surface area contributed by atoms with Gasteiger partial charge in [0.1, 0.15) is 0 Å². The summed E-state index contributed by atoms with van der Waals surface area (Å²) in [6, 6.07) is 11.9. The fourth-order valence-corrected chi connectivity index (χ4v) is 3.80. The molecule has 3 rings (SSSR count). The average Bonchev–Trinajstić information content (AvgIpc) is 3.20. The fourth-order valence-electron chi connectivity index (χ4n) is 3.80. The van der Waals surface area contributed by atoms with Crippen molar-refractivity contribution in [2.45, 2.75) is 52.5 Å². The molecule has 5 nitrogen and oxygen atoms in total. The lowest BCUT2D eigenvalue weighted by Crippen LogP contribution is -2.31. The van der Waals surface area contributed by atoms with Crippen LogP contribution in [-0.4, -0.2) is 36.2 Å². The number of hydrogen-bond acceptors (Lipinski definition) is 4. The lowest BCUT2D eigenvalue weighted by Gasteiger charge is -2.18. The van der Waals surface area contributed by atoms with Gasteiger partial charge in [-0.05, 0) is 61.4 Å². The molecule has 0 saturated carbocycles. The number of esters is 1. The van der Waals surface area contributed by atoms with Gasteiger partial charge in [-0.3, -0.25) is 14.4 Å². The minimum atomic E-state index is -0.530. The van der Waals surface area contributed by atoms with Crippen molar-refractivity contribution in [1.29, 1.82) is 0 Å². The smallest absolute Gasteiger partial charge is 0.306 e. The Labute approximate surface area is 178 Å². The van der Waals surface area contributed by atoms with Crippen LogP contribution >= 0.6 is 0 Å². The molecule has 5 heteroatoms. The Bertz CT molecular complexity index is 964. The van der Waals surface area contributed by atoms with E-state index in [1.807, 2.05) is 44.2 Å². The van der Waals surface area contributed by atoms with Crippen molar-refractivity contribution in [3.63, 3.8) is 0 Å². The minimum Gasteiger partial charge on any atom is -0.456 e. The van der Waals surface area contributed by atoms with Gasteiger partial charge in [-0.1, -0.05) is 35.9 Å². The molecule has 0 aliphatic heterocycles. The summed E-state index contributed by atoms with van der Waals surface area (Å²) in [7, 11) is 1.69. The van der Waals surface area contributed by atoms with E-state index in [4.69, 9.17) is 4.74 Å². The molecule has 158 valence electrons. The van der Waals surface area contributed by atoms with E-state index in [2.05, 4.69) is 6.07 Å². The molecular formula is C25H29NO4. The zero-order valence-electron chi connectivity index (χ0n) is 18.0. The Morgan fingerprint density at radius 1 is 0.967 bits per heavy atom. The number of likely N-dealkylation sites (N-methyl/N-ethyl adjacent to an activating group) is 1. The maximum Gasteiger partial charge on any atom is 0.306 e. The summed E-state index contributed by atoms with van der Waals surface area (Å²) in [5, 5.41) is 0. The van der Waals surface area contributed by atoms with Crippen molar-refractivity contribution < 1.29 is 19.1 Å². The number of aryl methyl sites for hydroxylation is 4. The standard InChI is InChI=1S/C25H29NO4/c1-17-7-8-22(18(2)13-17)15-26(3)24(28)16-30-25(29)12-11-23(27)21-10-9-19-5-4-6-20(19)14-21/h7-10,13-14H,4-6,11-12,15-16H2,1-3H3. The molecule has 30 heavy (non-hydrogen) atoms. The number of ether oxygens (including phenoxy) is 1. The van der Waals surface area contributed by atoms with Gasteiger partial charge in [0, 0.05) is 25.6 Å². The number of carbonyl (C=O) groups is 3. The average molecular weight is 408 g/mol. The molecule has 0 radical (unpaired) electrons. The van der Waals surface area contributed by atoms with Crippen LogP contribution in [0, 0.1) is 13.8 Å².